The molecule has 1 saturated heterocycles. The molecular weight excluding hydrogens is 274 g/mol. The van der Waals surface area contributed by atoms with Crippen molar-refractivity contribution in [3.05, 3.63) is 0 Å². The molecule has 2 fully saturated rings. The highest BCUT2D eigenvalue weighted by atomic mass is 32.2. The van der Waals surface area contributed by atoms with Crippen molar-refractivity contribution in [3.63, 3.8) is 0 Å². The molecule has 5 heteroatoms. The quantitative estimate of drug-likeness (QED) is 0.850. The Morgan fingerprint density at radius 2 is 1.95 bits per heavy atom. The van der Waals surface area contributed by atoms with Crippen molar-refractivity contribution in [2.45, 2.75) is 70.0 Å². The van der Waals surface area contributed by atoms with Gasteiger partial charge in [0.05, 0.1) is 6.10 Å². The van der Waals surface area contributed by atoms with Gasteiger partial charge in [-0.05, 0) is 39.5 Å². The van der Waals surface area contributed by atoms with Crippen LogP contribution in [0.2, 0.25) is 0 Å². The number of nitrogens with zero attached hydrogens (tertiary/aromatic N) is 1. The van der Waals surface area contributed by atoms with Gasteiger partial charge < -0.3 is 9.84 Å². The predicted molar refractivity (Wildman–Crippen MR) is 81.8 cm³/mol. The molecule has 0 radical (unpaired) electrons. The van der Waals surface area contributed by atoms with Crippen molar-refractivity contribution in [1.82, 2.24) is 4.90 Å². The summed E-state index contributed by atoms with van der Waals surface area (Å²) in [5.74, 6) is 1.22. The summed E-state index contributed by atoms with van der Waals surface area (Å²) in [6, 6.07) is 0. The summed E-state index contributed by atoms with van der Waals surface area (Å²) in [5, 5.41) is 10.5. The highest BCUT2D eigenvalue weighted by molar-refractivity contribution is 8.00. The molecule has 2 atom stereocenters. The molecule has 20 heavy (non-hydrogen) atoms. The lowest BCUT2D eigenvalue weighted by molar-refractivity contribution is 0.000416. The fraction of sp³-hybridized carbons (Fsp3) is 0.933. The third-order valence-electron chi connectivity index (χ3n) is 3.98. The van der Waals surface area contributed by atoms with E-state index in [-0.39, 0.29) is 11.5 Å². The summed E-state index contributed by atoms with van der Waals surface area (Å²) in [4.78, 5) is 14.0. The third-order valence-corrected chi connectivity index (χ3v) is 5.27. The van der Waals surface area contributed by atoms with Crippen LogP contribution in [0.1, 0.15) is 52.9 Å². The molecule has 1 aliphatic heterocycles. The lowest BCUT2D eigenvalue weighted by atomic mass is 9.85. The SMILES string of the molecule is CC(C)(C)OC(=O)N1CCS[C@@H]1[C@H](O)C1CCCCC1. The van der Waals surface area contributed by atoms with Gasteiger partial charge in [0.15, 0.2) is 0 Å². The van der Waals surface area contributed by atoms with Gasteiger partial charge in [-0.15, -0.1) is 11.8 Å². The minimum Gasteiger partial charge on any atom is -0.444 e. The summed E-state index contributed by atoms with van der Waals surface area (Å²) >= 11 is 1.68. The van der Waals surface area contributed by atoms with Gasteiger partial charge in [-0.3, -0.25) is 4.90 Å². The molecule has 2 aliphatic rings. The zero-order valence-electron chi connectivity index (χ0n) is 12.8. The van der Waals surface area contributed by atoms with E-state index in [1.807, 2.05) is 20.8 Å². The lowest BCUT2D eigenvalue weighted by Crippen LogP contribution is -2.46. The number of rotatable bonds is 2. The van der Waals surface area contributed by atoms with Gasteiger partial charge in [0.25, 0.3) is 0 Å². The van der Waals surface area contributed by atoms with E-state index in [0.717, 1.165) is 18.6 Å². The largest absolute Gasteiger partial charge is 0.444 e. The van der Waals surface area contributed by atoms with Crippen LogP contribution in [0, 0.1) is 5.92 Å². The molecular formula is C15H27NO3S. The Labute approximate surface area is 126 Å². The Bertz CT molecular complexity index is 337. The summed E-state index contributed by atoms with van der Waals surface area (Å²) in [6.07, 6.45) is 5.13. The van der Waals surface area contributed by atoms with E-state index in [1.54, 1.807) is 16.7 Å². The first-order chi connectivity index (χ1) is 9.38. The number of thioether (sulfide) groups is 1. The van der Waals surface area contributed by atoms with Crippen LogP contribution < -0.4 is 0 Å². The first-order valence-corrected chi connectivity index (χ1v) is 8.72. The third kappa shape index (κ3) is 4.04. The fourth-order valence-corrected chi connectivity index (χ4v) is 4.33. The van der Waals surface area contributed by atoms with E-state index >= 15 is 0 Å². The molecule has 4 nitrogen and oxygen atoms in total. The molecule has 1 N–H and O–H groups in total. The number of carbonyl (C=O) groups excluding carboxylic acids is 1. The second-order valence-electron chi connectivity index (χ2n) is 6.82. The normalized spacial score (nSPS) is 26.6. The number of amides is 1. The summed E-state index contributed by atoms with van der Waals surface area (Å²) in [6.45, 7) is 6.30. The topological polar surface area (TPSA) is 49.8 Å². The molecule has 1 heterocycles. The standard InChI is InChI=1S/C15H27NO3S/c1-15(2,3)19-14(18)16-9-10-20-13(16)12(17)11-7-5-4-6-8-11/h11-13,17H,4-10H2,1-3H3/t12-,13-/m1/s1. The van der Waals surface area contributed by atoms with Crippen LogP contribution in [-0.2, 0) is 4.74 Å². The molecule has 0 aromatic carbocycles. The van der Waals surface area contributed by atoms with Gasteiger partial charge in [-0.2, -0.15) is 0 Å². The molecule has 116 valence electrons. The van der Waals surface area contributed by atoms with Crippen molar-refractivity contribution in [2.75, 3.05) is 12.3 Å². The number of carbonyl (C=O) groups is 1. The van der Waals surface area contributed by atoms with Crippen LogP contribution >= 0.6 is 11.8 Å². The van der Waals surface area contributed by atoms with Crippen LogP contribution in [0.15, 0.2) is 0 Å². The Kier molecular flexibility index (Phi) is 5.24. The van der Waals surface area contributed by atoms with Gasteiger partial charge in [-0.25, -0.2) is 4.79 Å². The van der Waals surface area contributed by atoms with Crippen LogP contribution in [0.4, 0.5) is 4.79 Å². The van der Waals surface area contributed by atoms with Gasteiger partial charge >= 0.3 is 6.09 Å². The minimum atomic E-state index is -0.481. The van der Waals surface area contributed by atoms with Gasteiger partial charge in [0.2, 0.25) is 0 Å². The summed E-state index contributed by atoms with van der Waals surface area (Å²) < 4.78 is 5.45. The van der Waals surface area contributed by atoms with E-state index < -0.39 is 11.7 Å². The number of hydrogen-bond acceptors (Lipinski definition) is 4. The maximum absolute atomic E-state index is 12.2. The Hall–Kier alpha value is -0.420. The average molecular weight is 301 g/mol. The van der Waals surface area contributed by atoms with Gasteiger partial charge in [0, 0.05) is 12.3 Å². The Balaban J connectivity index is 1.97. The highest BCUT2D eigenvalue weighted by Gasteiger charge is 2.40. The van der Waals surface area contributed by atoms with E-state index in [9.17, 15) is 9.90 Å². The van der Waals surface area contributed by atoms with E-state index in [4.69, 9.17) is 4.74 Å². The van der Waals surface area contributed by atoms with Crippen molar-refractivity contribution < 1.29 is 14.6 Å². The first kappa shape index (κ1) is 16.0. The molecule has 1 saturated carbocycles. The highest BCUT2D eigenvalue weighted by Crippen LogP contribution is 2.36. The molecule has 1 aliphatic carbocycles. The zero-order chi connectivity index (χ0) is 14.8. The average Bonchev–Trinajstić information content (AvgIpc) is 2.86. The molecule has 0 aromatic rings. The van der Waals surface area contributed by atoms with E-state index in [0.29, 0.717) is 12.5 Å². The maximum atomic E-state index is 12.2. The fourth-order valence-electron chi connectivity index (χ4n) is 3.00. The predicted octanol–water partition coefficient (Wildman–Crippen LogP) is 3.24. The molecule has 0 aromatic heterocycles. The van der Waals surface area contributed by atoms with Crippen molar-refractivity contribution in [3.8, 4) is 0 Å². The monoisotopic (exact) mass is 301 g/mol. The zero-order valence-corrected chi connectivity index (χ0v) is 13.6. The van der Waals surface area contributed by atoms with Gasteiger partial charge in [0.1, 0.15) is 11.0 Å². The van der Waals surface area contributed by atoms with Gasteiger partial charge in [-0.1, -0.05) is 19.3 Å². The number of aliphatic hydroxyl groups is 1. The number of ether oxygens (including phenoxy) is 1. The maximum Gasteiger partial charge on any atom is 0.411 e. The second-order valence-corrected chi connectivity index (χ2v) is 8.05. The van der Waals surface area contributed by atoms with E-state index in [2.05, 4.69) is 0 Å². The minimum absolute atomic E-state index is 0.132. The molecule has 0 unspecified atom stereocenters. The molecule has 0 bridgehead atoms. The van der Waals surface area contributed by atoms with Crippen LogP contribution in [0.5, 0.6) is 0 Å². The smallest absolute Gasteiger partial charge is 0.411 e. The first-order valence-electron chi connectivity index (χ1n) is 7.68. The Morgan fingerprint density at radius 1 is 1.30 bits per heavy atom. The van der Waals surface area contributed by atoms with E-state index in [1.165, 1.54) is 19.3 Å². The molecule has 1 amide bonds. The molecule has 2 rings (SSSR count). The van der Waals surface area contributed by atoms with Crippen molar-refractivity contribution in [2.24, 2.45) is 5.92 Å². The lowest BCUT2D eigenvalue weighted by Gasteiger charge is -2.35. The Morgan fingerprint density at radius 3 is 2.55 bits per heavy atom. The van der Waals surface area contributed by atoms with Crippen molar-refractivity contribution in [1.29, 1.82) is 0 Å². The van der Waals surface area contributed by atoms with Crippen LogP contribution in [0.25, 0.3) is 0 Å². The molecule has 0 spiro atoms. The van der Waals surface area contributed by atoms with Crippen LogP contribution in [0.3, 0.4) is 0 Å². The van der Waals surface area contributed by atoms with Crippen LogP contribution in [-0.4, -0.2) is 45.5 Å². The number of hydrogen-bond donors (Lipinski definition) is 1. The number of aliphatic hydroxyl groups excluding tert-OH is 1. The second kappa shape index (κ2) is 6.56. The summed E-state index contributed by atoms with van der Waals surface area (Å²) in [7, 11) is 0. The summed E-state index contributed by atoms with van der Waals surface area (Å²) in [5.41, 5.74) is -0.481. The van der Waals surface area contributed by atoms with Crippen molar-refractivity contribution >= 4 is 17.9 Å².